The summed E-state index contributed by atoms with van der Waals surface area (Å²) in [4.78, 5) is 28.2. The van der Waals surface area contributed by atoms with E-state index in [4.69, 9.17) is 9.40 Å². The quantitative estimate of drug-likeness (QED) is 0.324. The topological polar surface area (TPSA) is 101 Å². The number of carbonyl (C=O) groups excluding carboxylic acids is 1. The van der Waals surface area contributed by atoms with Gasteiger partial charge in [-0.2, -0.15) is 4.98 Å². The van der Waals surface area contributed by atoms with Crippen LogP contribution in [0.5, 0.6) is 0 Å². The molecule has 5 rings (SSSR count). The van der Waals surface area contributed by atoms with Crippen molar-refractivity contribution in [1.29, 1.82) is 0 Å². The number of hydrogen-bond acceptors (Lipinski definition) is 6. The van der Waals surface area contributed by atoms with E-state index in [2.05, 4.69) is 20.6 Å². The van der Waals surface area contributed by atoms with E-state index in [1.165, 1.54) is 12.1 Å². The van der Waals surface area contributed by atoms with E-state index in [-0.39, 0.29) is 17.9 Å². The van der Waals surface area contributed by atoms with Crippen LogP contribution < -0.4 is 10.6 Å². The Labute approximate surface area is 220 Å². The van der Waals surface area contributed by atoms with Crippen LogP contribution in [0.3, 0.4) is 0 Å². The zero-order valence-corrected chi connectivity index (χ0v) is 21.4. The predicted molar refractivity (Wildman–Crippen MR) is 144 cm³/mol. The highest BCUT2D eigenvalue weighted by Gasteiger charge is 2.24. The molecule has 3 aromatic heterocycles. The number of hydrogen-bond donors (Lipinski definition) is 2. The molecule has 0 radical (unpaired) electrons. The molecule has 9 nitrogen and oxygen atoms in total. The number of benzene rings is 1. The summed E-state index contributed by atoms with van der Waals surface area (Å²) >= 11 is 0. The molecule has 0 aliphatic carbocycles. The third-order valence-electron chi connectivity index (χ3n) is 6.49. The summed E-state index contributed by atoms with van der Waals surface area (Å²) in [6.07, 6.45) is 12.5. The van der Waals surface area contributed by atoms with Gasteiger partial charge >= 0.3 is 11.9 Å². The highest BCUT2D eigenvalue weighted by atomic mass is 19.1. The molecule has 0 spiro atoms. The number of urea groups is 1. The van der Waals surface area contributed by atoms with Gasteiger partial charge in [-0.3, -0.25) is 4.40 Å². The average Bonchev–Trinajstić information content (AvgIpc) is 3.53. The van der Waals surface area contributed by atoms with Crippen LogP contribution in [0.25, 0.3) is 28.5 Å². The number of allylic oxidation sites excluding steroid dienone is 3. The summed E-state index contributed by atoms with van der Waals surface area (Å²) in [6.45, 7) is 5.78. The number of anilines is 1. The molecule has 1 saturated heterocycles. The van der Waals surface area contributed by atoms with Crippen LogP contribution in [0.1, 0.15) is 26.7 Å². The largest absolute Gasteiger partial charge is 0.432 e. The second-order valence-corrected chi connectivity index (χ2v) is 9.24. The number of nitrogens with one attached hydrogen (secondary N) is 2. The van der Waals surface area contributed by atoms with Crippen molar-refractivity contribution in [2.75, 3.05) is 25.0 Å². The van der Waals surface area contributed by atoms with E-state index < -0.39 is 0 Å². The third-order valence-corrected chi connectivity index (χ3v) is 6.49. The van der Waals surface area contributed by atoms with Crippen LogP contribution in [0.4, 0.5) is 15.1 Å². The molecule has 2 amide bonds. The summed E-state index contributed by atoms with van der Waals surface area (Å²) in [7, 11) is 0. The number of piperidine rings is 1. The zero-order valence-electron chi connectivity index (χ0n) is 21.4. The van der Waals surface area contributed by atoms with Gasteiger partial charge in [0.2, 0.25) is 5.95 Å². The zero-order chi connectivity index (χ0) is 26.5. The highest BCUT2D eigenvalue weighted by molar-refractivity contribution is 5.79. The highest BCUT2D eigenvalue weighted by Crippen LogP contribution is 2.32. The number of rotatable bonds is 7. The molecule has 0 atom stereocenters. The molecule has 10 heteroatoms. The molecule has 196 valence electrons. The number of halogens is 1. The summed E-state index contributed by atoms with van der Waals surface area (Å²) < 4.78 is 20.8. The summed E-state index contributed by atoms with van der Waals surface area (Å²) in [5, 5.41) is 6.41. The number of oxazole rings is 1. The van der Waals surface area contributed by atoms with Gasteiger partial charge in [0.1, 0.15) is 23.5 Å². The third kappa shape index (κ3) is 5.59. The molecule has 1 aromatic carbocycles. The molecule has 0 unspecified atom stereocenters. The van der Waals surface area contributed by atoms with E-state index in [1.807, 2.05) is 47.4 Å². The summed E-state index contributed by atoms with van der Waals surface area (Å²) in [5.74, 6) is 0.607. The van der Waals surface area contributed by atoms with Gasteiger partial charge in [0.05, 0.1) is 5.69 Å². The fourth-order valence-electron chi connectivity index (χ4n) is 4.46. The molecule has 1 fully saturated rings. The average molecular weight is 516 g/mol. The minimum atomic E-state index is -0.313. The Kier molecular flexibility index (Phi) is 7.48. The molecule has 2 N–H and O–H groups in total. The van der Waals surface area contributed by atoms with Gasteiger partial charge in [-0.15, -0.1) is 0 Å². The van der Waals surface area contributed by atoms with Gasteiger partial charge in [0.25, 0.3) is 0 Å². The molecular weight excluding hydrogens is 485 g/mol. The lowest BCUT2D eigenvalue weighted by Crippen LogP contribution is -2.47. The monoisotopic (exact) mass is 515 g/mol. The van der Waals surface area contributed by atoms with Gasteiger partial charge < -0.3 is 20.0 Å². The number of aromatic nitrogens is 4. The second kappa shape index (κ2) is 11.3. The molecule has 4 aromatic rings. The molecule has 1 aliphatic heterocycles. The van der Waals surface area contributed by atoms with Crippen molar-refractivity contribution < 1.29 is 13.6 Å². The van der Waals surface area contributed by atoms with Crippen LogP contribution in [-0.4, -0.2) is 56.0 Å². The SMILES string of the molecule is C/C=C\C=C(/C)CNC(=O)N1CCC(Nc2nccc(-c3c(-c4ccc(F)cc4)nc4occn34)n2)CC1. The first-order valence-electron chi connectivity index (χ1n) is 12.6. The Balaban J connectivity index is 1.26. The first-order chi connectivity index (χ1) is 18.5. The Bertz CT molecular complexity index is 1460. The summed E-state index contributed by atoms with van der Waals surface area (Å²) in [5.41, 5.74) is 3.89. The van der Waals surface area contributed by atoms with Crippen molar-refractivity contribution >= 4 is 17.8 Å². The Morgan fingerprint density at radius 2 is 1.97 bits per heavy atom. The number of likely N-dealkylation sites (tertiary alicyclic amines) is 1. The minimum Gasteiger partial charge on any atom is -0.432 e. The predicted octanol–water partition coefficient (Wildman–Crippen LogP) is 5.30. The molecule has 0 bridgehead atoms. The lowest BCUT2D eigenvalue weighted by Gasteiger charge is -2.32. The van der Waals surface area contributed by atoms with Gasteiger partial charge in [-0.25, -0.2) is 19.2 Å². The van der Waals surface area contributed by atoms with Crippen molar-refractivity contribution in [2.45, 2.75) is 32.7 Å². The van der Waals surface area contributed by atoms with Crippen LogP contribution in [0, 0.1) is 5.82 Å². The fourth-order valence-corrected chi connectivity index (χ4v) is 4.46. The lowest BCUT2D eigenvalue weighted by molar-refractivity contribution is 0.184. The van der Waals surface area contributed by atoms with E-state index in [0.29, 0.717) is 42.8 Å². The van der Waals surface area contributed by atoms with Gasteiger partial charge in [-0.1, -0.05) is 23.8 Å². The Hall–Kier alpha value is -4.47. The Morgan fingerprint density at radius 1 is 1.18 bits per heavy atom. The number of nitrogens with zero attached hydrogens (tertiary/aromatic N) is 5. The van der Waals surface area contributed by atoms with Crippen molar-refractivity contribution in [3.63, 3.8) is 0 Å². The maximum atomic E-state index is 13.5. The van der Waals surface area contributed by atoms with Crippen LogP contribution >= 0.6 is 0 Å². The molecule has 38 heavy (non-hydrogen) atoms. The second-order valence-electron chi connectivity index (χ2n) is 9.24. The molecule has 4 heterocycles. The van der Waals surface area contributed by atoms with Crippen molar-refractivity contribution in [3.8, 4) is 22.6 Å². The van der Waals surface area contributed by atoms with Crippen molar-refractivity contribution in [1.82, 2.24) is 29.6 Å². The van der Waals surface area contributed by atoms with Crippen LogP contribution in [-0.2, 0) is 0 Å². The standard InChI is InChI=1S/C28H30FN7O2/c1-3-4-5-19(2)18-31-27(37)35-14-11-22(12-15-35)32-26-30-13-10-23(33-26)25-24(20-6-8-21(29)9-7-20)34-28-36(25)16-17-38-28/h3-10,13,16-17,22H,11-12,14-15,18H2,1-2H3,(H,31,37)(H,30,32,33)/b4-3-,19-5+. The number of imidazole rings is 1. The summed E-state index contributed by atoms with van der Waals surface area (Å²) in [6, 6.07) is 8.09. The van der Waals surface area contributed by atoms with Crippen molar-refractivity contribution in [3.05, 3.63) is 78.6 Å². The molecular formula is C28H30FN7O2. The first-order valence-corrected chi connectivity index (χ1v) is 12.6. The fraction of sp³-hybridized carbons (Fsp3) is 0.286. The van der Waals surface area contributed by atoms with Crippen LogP contribution in [0.2, 0.25) is 0 Å². The normalized spacial score (nSPS) is 14.9. The van der Waals surface area contributed by atoms with Gasteiger partial charge in [-0.05, 0) is 57.0 Å². The van der Waals surface area contributed by atoms with Crippen molar-refractivity contribution in [2.24, 2.45) is 0 Å². The number of carbonyl (C=O) groups is 1. The molecule has 0 saturated carbocycles. The maximum Gasteiger partial charge on any atom is 0.317 e. The molecule has 1 aliphatic rings. The first kappa shape index (κ1) is 25.2. The van der Waals surface area contributed by atoms with E-state index in [0.717, 1.165) is 29.7 Å². The maximum absolute atomic E-state index is 13.5. The lowest BCUT2D eigenvalue weighted by atomic mass is 10.1. The van der Waals surface area contributed by atoms with E-state index >= 15 is 0 Å². The minimum absolute atomic E-state index is 0.0480. The number of fused-ring (bicyclic) bond motifs is 1. The smallest absolute Gasteiger partial charge is 0.317 e. The number of amides is 2. The van der Waals surface area contributed by atoms with Crippen LogP contribution in [0.15, 0.2) is 77.2 Å². The van der Waals surface area contributed by atoms with Gasteiger partial charge in [0.15, 0.2) is 0 Å². The van der Waals surface area contributed by atoms with E-state index in [9.17, 15) is 9.18 Å². The Morgan fingerprint density at radius 3 is 2.74 bits per heavy atom. The van der Waals surface area contributed by atoms with E-state index in [1.54, 1.807) is 30.8 Å². The van der Waals surface area contributed by atoms with Gasteiger partial charge in [0, 0.05) is 43.6 Å².